The van der Waals surface area contributed by atoms with Crippen LogP contribution in [-0.2, 0) is 6.42 Å². The Balaban J connectivity index is -0.00000103. The van der Waals surface area contributed by atoms with Crippen molar-refractivity contribution >= 4 is 5.57 Å². The van der Waals surface area contributed by atoms with Crippen LogP contribution in [0.3, 0.4) is 0 Å². The Morgan fingerprint density at radius 2 is 1.54 bits per heavy atom. The summed E-state index contributed by atoms with van der Waals surface area (Å²) in [6.45, 7) is 36.9. The molecule has 0 fully saturated rings. The third kappa shape index (κ3) is 15.8. The van der Waals surface area contributed by atoms with E-state index in [2.05, 4.69) is 90.0 Å². The van der Waals surface area contributed by atoms with Gasteiger partial charge in [-0.3, -0.25) is 0 Å². The Morgan fingerprint density at radius 3 is 1.95 bits per heavy atom. The summed E-state index contributed by atoms with van der Waals surface area (Å²) < 4.78 is 0. The molecule has 230 valence electrons. The highest BCUT2D eigenvalue weighted by atomic mass is 16.3. The molecule has 0 amide bonds. The lowest BCUT2D eigenvalue weighted by molar-refractivity contribution is 0.426. The molecule has 41 heavy (non-hydrogen) atoms. The van der Waals surface area contributed by atoms with Crippen molar-refractivity contribution in [3.8, 4) is 12.8 Å². The van der Waals surface area contributed by atoms with Gasteiger partial charge >= 0.3 is 0 Å². The highest BCUT2D eigenvalue weighted by molar-refractivity contribution is 5.69. The lowest BCUT2D eigenvalue weighted by Crippen LogP contribution is -2.25. The monoisotopic (exact) mass is 563 g/mol. The van der Waals surface area contributed by atoms with Crippen LogP contribution in [0.4, 0.5) is 0 Å². The number of nitrogens with one attached hydrogen (secondary N) is 1. The summed E-state index contributed by atoms with van der Waals surface area (Å²) in [7, 11) is 1.50. The number of allylic oxidation sites excluding steroid dienone is 5. The fraction of sp³-hybridized carbons (Fsp3) is 0.459. The number of fused-ring (bicyclic) bond motifs is 1. The predicted molar refractivity (Wildman–Crippen MR) is 186 cm³/mol. The number of terminal acetylenes is 1. The van der Waals surface area contributed by atoms with Gasteiger partial charge in [0.15, 0.2) is 0 Å². The van der Waals surface area contributed by atoms with E-state index in [-0.39, 0.29) is 17.2 Å². The Hall–Kier alpha value is -3.42. The van der Waals surface area contributed by atoms with Gasteiger partial charge in [-0.15, -0.1) is 12.8 Å². The van der Waals surface area contributed by atoms with Crippen molar-refractivity contribution in [3.05, 3.63) is 101 Å². The molecule has 0 aromatic heterocycles. The van der Waals surface area contributed by atoms with Crippen molar-refractivity contribution in [2.75, 3.05) is 7.05 Å². The smallest absolute Gasteiger partial charge is 0.111 e. The molecule has 0 spiro atoms. The lowest BCUT2D eigenvalue weighted by Gasteiger charge is -2.31. The molecule has 4 heteroatoms. The van der Waals surface area contributed by atoms with Crippen LogP contribution in [-0.4, -0.2) is 12.2 Å². The lowest BCUT2D eigenvalue weighted by atomic mass is 9.79. The Labute approximate surface area is 254 Å². The SMILES string of the molecule is C#C.C=C(/C=C(\C)C(=C)O)C(=C)N[C@H]1CCCc2c1ccc(C(=C)CC(C)(C)C)c2C.CC.CC(C)=C(C)N.CN. The maximum Gasteiger partial charge on any atom is 0.111 e. The molecular formula is C37H61N3O. The van der Waals surface area contributed by atoms with E-state index in [0.717, 1.165) is 42.7 Å². The van der Waals surface area contributed by atoms with E-state index >= 15 is 0 Å². The Kier molecular flexibility index (Phi) is 21.9. The summed E-state index contributed by atoms with van der Waals surface area (Å²) in [4.78, 5) is 0. The van der Waals surface area contributed by atoms with Gasteiger partial charge in [0.2, 0.25) is 0 Å². The van der Waals surface area contributed by atoms with Gasteiger partial charge in [-0.25, -0.2) is 0 Å². The molecule has 0 radical (unpaired) electrons. The number of aliphatic hydroxyl groups excluding tert-OH is 1. The Morgan fingerprint density at radius 1 is 1.05 bits per heavy atom. The van der Waals surface area contributed by atoms with Crippen LogP contribution < -0.4 is 16.8 Å². The average molecular weight is 564 g/mol. The standard InChI is InChI=1S/C27H37NO.C5H11N.C2H6.C2H2.CH5N/c1-17(15-18(2)22(6)29)21(5)28-26-12-10-11-24-20(4)23(13-14-25(24)26)19(3)16-27(7,8)9;1-4(2)5(3)6;3*1-2/h13-15,26,28-29H,1,3,5-6,10-12,16H2,2,4,7-9H3;6H2,1-3H3;1-2H3;1-2H;2H2,1H3/b18-15+;;;;/t26-;;;;/m0..../s1. The van der Waals surface area contributed by atoms with Crippen LogP contribution in [0.25, 0.3) is 5.57 Å². The first-order valence-electron chi connectivity index (χ1n) is 14.4. The summed E-state index contributed by atoms with van der Waals surface area (Å²) in [5.41, 5.74) is 21.1. The molecule has 1 aromatic rings. The molecule has 0 heterocycles. The van der Waals surface area contributed by atoms with E-state index in [0.29, 0.717) is 5.57 Å². The van der Waals surface area contributed by atoms with Crippen LogP contribution >= 0.6 is 0 Å². The summed E-state index contributed by atoms with van der Waals surface area (Å²) in [6.07, 6.45) is 14.1. The summed E-state index contributed by atoms with van der Waals surface area (Å²) >= 11 is 0. The first-order valence-corrected chi connectivity index (χ1v) is 14.4. The van der Waals surface area contributed by atoms with Crippen LogP contribution in [0, 0.1) is 25.2 Å². The van der Waals surface area contributed by atoms with Crippen molar-refractivity contribution in [1.29, 1.82) is 0 Å². The molecule has 1 atom stereocenters. The van der Waals surface area contributed by atoms with Gasteiger partial charge in [0.25, 0.3) is 0 Å². The van der Waals surface area contributed by atoms with Gasteiger partial charge in [0, 0.05) is 11.4 Å². The van der Waals surface area contributed by atoms with Crippen molar-refractivity contribution in [2.45, 2.75) is 101 Å². The van der Waals surface area contributed by atoms with Gasteiger partial charge in [0.1, 0.15) is 5.76 Å². The van der Waals surface area contributed by atoms with Crippen LogP contribution in [0.5, 0.6) is 0 Å². The minimum atomic E-state index is 0.0561. The highest BCUT2D eigenvalue weighted by Crippen LogP contribution is 2.38. The second-order valence-electron chi connectivity index (χ2n) is 11.2. The minimum Gasteiger partial charge on any atom is -0.508 e. The molecule has 0 unspecified atom stereocenters. The summed E-state index contributed by atoms with van der Waals surface area (Å²) in [5, 5.41) is 13.1. The zero-order valence-corrected chi connectivity index (χ0v) is 28.2. The fourth-order valence-electron chi connectivity index (χ4n) is 4.08. The second-order valence-corrected chi connectivity index (χ2v) is 11.2. The molecule has 0 saturated heterocycles. The molecule has 2 rings (SSSR count). The van der Waals surface area contributed by atoms with Crippen molar-refractivity contribution in [1.82, 2.24) is 5.32 Å². The van der Waals surface area contributed by atoms with E-state index in [1.807, 2.05) is 47.6 Å². The molecular weight excluding hydrogens is 502 g/mol. The molecule has 1 aliphatic rings. The maximum atomic E-state index is 9.51. The average Bonchev–Trinajstić information content (AvgIpc) is 2.91. The van der Waals surface area contributed by atoms with E-state index in [1.54, 1.807) is 0 Å². The first-order chi connectivity index (χ1) is 19.0. The normalized spacial score (nSPS) is 13.3. The molecule has 6 N–H and O–H groups in total. The fourth-order valence-corrected chi connectivity index (χ4v) is 4.08. The van der Waals surface area contributed by atoms with Gasteiger partial charge in [-0.05, 0) is 118 Å². The molecule has 0 bridgehead atoms. The topological polar surface area (TPSA) is 84.3 Å². The van der Waals surface area contributed by atoms with Gasteiger partial charge in [-0.2, -0.15) is 0 Å². The molecule has 0 saturated carbocycles. The van der Waals surface area contributed by atoms with Gasteiger partial charge in [-0.1, -0.05) is 78.6 Å². The largest absolute Gasteiger partial charge is 0.508 e. The number of nitrogens with two attached hydrogens (primary N) is 2. The quantitative estimate of drug-likeness (QED) is 0.151. The second kappa shape index (κ2) is 21.3. The predicted octanol–water partition coefficient (Wildman–Crippen LogP) is 9.61. The van der Waals surface area contributed by atoms with Crippen LogP contribution in [0.15, 0.2) is 78.4 Å². The summed E-state index contributed by atoms with van der Waals surface area (Å²) in [6, 6.07) is 4.71. The number of hydrogen-bond acceptors (Lipinski definition) is 4. The number of rotatable bonds is 7. The molecule has 0 aliphatic heterocycles. The zero-order valence-electron chi connectivity index (χ0n) is 28.2. The molecule has 1 aliphatic carbocycles. The van der Waals surface area contributed by atoms with E-state index in [4.69, 9.17) is 5.73 Å². The van der Waals surface area contributed by atoms with E-state index < -0.39 is 0 Å². The van der Waals surface area contributed by atoms with E-state index in [9.17, 15) is 5.11 Å². The maximum absolute atomic E-state index is 9.51. The van der Waals surface area contributed by atoms with Gasteiger partial charge in [0.05, 0.1) is 6.04 Å². The summed E-state index contributed by atoms with van der Waals surface area (Å²) in [5.74, 6) is 0.0561. The van der Waals surface area contributed by atoms with Crippen molar-refractivity contribution in [2.24, 2.45) is 16.9 Å². The number of aliphatic hydroxyl groups is 1. The highest BCUT2D eigenvalue weighted by Gasteiger charge is 2.24. The minimum absolute atomic E-state index is 0.0561. The van der Waals surface area contributed by atoms with Crippen molar-refractivity contribution < 1.29 is 5.11 Å². The Bertz CT molecular complexity index is 1070. The molecule has 4 nitrogen and oxygen atoms in total. The number of benzene rings is 1. The first kappa shape index (κ1) is 42.1. The third-order valence-corrected chi connectivity index (χ3v) is 6.42. The van der Waals surface area contributed by atoms with E-state index in [1.165, 1.54) is 40.4 Å². The number of hydrogen-bond donors (Lipinski definition) is 4. The van der Waals surface area contributed by atoms with Crippen LogP contribution in [0.1, 0.15) is 110 Å². The molecule has 1 aromatic carbocycles. The third-order valence-electron chi connectivity index (χ3n) is 6.42. The van der Waals surface area contributed by atoms with Crippen LogP contribution in [0.2, 0.25) is 0 Å². The zero-order chi connectivity index (χ0) is 33.1. The van der Waals surface area contributed by atoms with Gasteiger partial charge < -0.3 is 21.9 Å². The van der Waals surface area contributed by atoms with Crippen molar-refractivity contribution in [3.63, 3.8) is 0 Å².